The monoisotopic (exact) mass is 394 g/mol. The van der Waals surface area contributed by atoms with Crippen LogP contribution < -0.4 is 15.4 Å². The zero-order valence-corrected chi connectivity index (χ0v) is 16.1. The van der Waals surface area contributed by atoms with E-state index in [4.69, 9.17) is 4.74 Å². The van der Waals surface area contributed by atoms with Gasteiger partial charge in [-0.15, -0.1) is 0 Å². The number of hydrogen-bond acceptors (Lipinski definition) is 4. The van der Waals surface area contributed by atoms with Crippen molar-refractivity contribution in [2.45, 2.75) is 19.6 Å². The highest BCUT2D eigenvalue weighted by molar-refractivity contribution is 5.97. The van der Waals surface area contributed by atoms with E-state index in [-0.39, 0.29) is 18.3 Å². The highest BCUT2D eigenvalue weighted by Gasteiger charge is 2.21. The predicted molar refractivity (Wildman–Crippen MR) is 111 cm³/mol. The Labute approximate surface area is 169 Å². The Morgan fingerprint density at radius 2 is 1.72 bits per heavy atom. The lowest BCUT2D eigenvalue weighted by Gasteiger charge is -2.21. The van der Waals surface area contributed by atoms with Crippen LogP contribution in [0.25, 0.3) is 0 Å². The Balaban J connectivity index is 1.86. The van der Waals surface area contributed by atoms with E-state index < -0.39 is 6.04 Å². The molecular formula is C23H23FN2O3. The minimum atomic E-state index is -0.689. The summed E-state index contributed by atoms with van der Waals surface area (Å²) in [5, 5.41) is 15.7. The number of aliphatic hydroxyl groups excluding tert-OH is 1. The Morgan fingerprint density at radius 1 is 1.03 bits per heavy atom. The molecule has 0 aliphatic rings. The first-order valence-corrected chi connectivity index (χ1v) is 9.35. The predicted octanol–water partition coefficient (Wildman–Crippen LogP) is 4.51. The summed E-state index contributed by atoms with van der Waals surface area (Å²) in [5.41, 5.74) is 2.57. The second kappa shape index (κ2) is 9.71. The molecule has 1 atom stereocenters. The van der Waals surface area contributed by atoms with E-state index in [0.29, 0.717) is 29.3 Å². The molecule has 0 unspecified atom stereocenters. The molecule has 150 valence electrons. The van der Waals surface area contributed by atoms with Crippen molar-refractivity contribution < 1.29 is 19.0 Å². The van der Waals surface area contributed by atoms with Crippen LogP contribution in [-0.4, -0.2) is 17.6 Å². The molecule has 0 saturated carbocycles. The average molecular weight is 394 g/mol. The molecule has 0 aliphatic heterocycles. The van der Waals surface area contributed by atoms with Gasteiger partial charge >= 0.3 is 0 Å². The second-order valence-electron chi connectivity index (χ2n) is 6.40. The quantitative estimate of drug-likeness (QED) is 0.526. The normalized spacial score (nSPS) is 11.6. The molecule has 29 heavy (non-hydrogen) atoms. The SMILES string of the molecule is CCOc1ccc(N[C@@H](C(=O)Nc2ccc(F)cc2)c2ccccc2)cc1CO. The summed E-state index contributed by atoms with van der Waals surface area (Å²) in [6, 6.07) is 19.5. The number of hydrogen-bond donors (Lipinski definition) is 3. The van der Waals surface area contributed by atoms with Gasteiger partial charge in [-0.1, -0.05) is 30.3 Å². The van der Waals surface area contributed by atoms with Gasteiger partial charge in [-0.25, -0.2) is 4.39 Å². The van der Waals surface area contributed by atoms with E-state index in [1.54, 1.807) is 18.2 Å². The fourth-order valence-electron chi connectivity index (χ4n) is 2.95. The topological polar surface area (TPSA) is 70.6 Å². The molecule has 3 aromatic rings. The van der Waals surface area contributed by atoms with Gasteiger partial charge in [-0.05, 0) is 55.0 Å². The minimum absolute atomic E-state index is 0.178. The molecule has 1 amide bonds. The number of aliphatic hydroxyl groups is 1. The number of amides is 1. The zero-order valence-electron chi connectivity index (χ0n) is 16.1. The number of rotatable bonds is 8. The Bertz CT molecular complexity index is 946. The van der Waals surface area contributed by atoms with Crippen LogP contribution in [0.4, 0.5) is 15.8 Å². The molecule has 3 aromatic carbocycles. The molecule has 0 heterocycles. The summed E-state index contributed by atoms with van der Waals surface area (Å²) in [4.78, 5) is 13.0. The van der Waals surface area contributed by atoms with Crippen molar-refractivity contribution in [3.63, 3.8) is 0 Å². The van der Waals surface area contributed by atoms with E-state index in [1.165, 1.54) is 24.3 Å². The van der Waals surface area contributed by atoms with Gasteiger partial charge in [0.05, 0.1) is 13.2 Å². The first-order chi connectivity index (χ1) is 14.1. The molecule has 0 aromatic heterocycles. The third-order valence-electron chi connectivity index (χ3n) is 4.35. The summed E-state index contributed by atoms with van der Waals surface area (Å²) >= 11 is 0. The van der Waals surface area contributed by atoms with Crippen LogP contribution in [0.5, 0.6) is 5.75 Å². The first kappa shape index (κ1) is 20.4. The summed E-state index contributed by atoms with van der Waals surface area (Å²) in [5.74, 6) is -0.0542. The van der Waals surface area contributed by atoms with Crippen molar-refractivity contribution in [2.75, 3.05) is 17.2 Å². The van der Waals surface area contributed by atoms with Crippen molar-refractivity contribution >= 4 is 17.3 Å². The maximum atomic E-state index is 13.1. The molecule has 6 heteroatoms. The smallest absolute Gasteiger partial charge is 0.251 e. The van der Waals surface area contributed by atoms with Crippen molar-refractivity contribution in [1.82, 2.24) is 0 Å². The maximum Gasteiger partial charge on any atom is 0.251 e. The van der Waals surface area contributed by atoms with E-state index in [0.717, 1.165) is 5.56 Å². The molecule has 3 rings (SSSR count). The number of ether oxygens (including phenoxy) is 1. The average Bonchev–Trinajstić information content (AvgIpc) is 2.75. The third-order valence-corrected chi connectivity index (χ3v) is 4.35. The van der Waals surface area contributed by atoms with Crippen molar-refractivity contribution in [3.8, 4) is 5.75 Å². The largest absolute Gasteiger partial charge is 0.494 e. The molecule has 0 radical (unpaired) electrons. The van der Waals surface area contributed by atoms with E-state index in [2.05, 4.69) is 10.6 Å². The van der Waals surface area contributed by atoms with Crippen molar-refractivity contribution in [3.05, 3.63) is 89.7 Å². The van der Waals surface area contributed by atoms with Crippen LogP contribution in [0.15, 0.2) is 72.8 Å². The summed E-state index contributed by atoms with van der Waals surface area (Å²) in [6.45, 7) is 2.19. The van der Waals surface area contributed by atoms with Gasteiger partial charge in [0.25, 0.3) is 5.91 Å². The molecule has 3 N–H and O–H groups in total. The molecule has 5 nitrogen and oxygen atoms in total. The first-order valence-electron chi connectivity index (χ1n) is 9.35. The van der Waals surface area contributed by atoms with Gasteiger partial charge in [0.15, 0.2) is 0 Å². The van der Waals surface area contributed by atoms with Crippen LogP contribution in [0.3, 0.4) is 0 Å². The lowest BCUT2D eigenvalue weighted by atomic mass is 10.0. The van der Waals surface area contributed by atoms with Gasteiger partial charge in [-0.2, -0.15) is 0 Å². The second-order valence-corrected chi connectivity index (χ2v) is 6.40. The molecule has 0 aliphatic carbocycles. The van der Waals surface area contributed by atoms with Crippen LogP contribution in [0, 0.1) is 5.82 Å². The maximum absolute atomic E-state index is 13.1. The minimum Gasteiger partial charge on any atom is -0.494 e. The lowest BCUT2D eigenvalue weighted by molar-refractivity contribution is -0.117. The Kier molecular flexibility index (Phi) is 6.81. The number of halogens is 1. The lowest BCUT2D eigenvalue weighted by Crippen LogP contribution is -2.27. The van der Waals surface area contributed by atoms with Crippen molar-refractivity contribution in [2.24, 2.45) is 0 Å². The van der Waals surface area contributed by atoms with E-state index >= 15 is 0 Å². The fourth-order valence-corrected chi connectivity index (χ4v) is 2.95. The summed E-state index contributed by atoms with van der Waals surface area (Å²) < 4.78 is 18.6. The van der Waals surface area contributed by atoms with Gasteiger partial charge in [0.2, 0.25) is 0 Å². The van der Waals surface area contributed by atoms with Crippen LogP contribution in [-0.2, 0) is 11.4 Å². The van der Waals surface area contributed by atoms with Gasteiger partial charge in [-0.3, -0.25) is 4.79 Å². The molecular weight excluding hydrogens is 371 g/mol. The van der Waals surface area contributed by atoms with Crippen molar-refractivity contribution in [1.29, 1.82) is 0 Å². The van der Waals surface area contributed by atoms with Gasteiger partial charge < -0.3 is 20.5 Å². The van der Waals surface area contributed by atoms with E-state index in [1.807, 2.05) is 37.3 Å². The summed E-state index contributed by atoms with van der Waals surface area (Å²) in [6.07, 6.45) is 0. The zero-order chi connectivity index (χ0) is 20.6. The van der Waals surface area contributed by atoms with Gasteiger partial charge in [0, 0.05) is 16.9 Å². The Hall–Kier alpha value is -3.38. The van der Waals surface area contributed by atoms with Gasteiger partial charge in [0.1, 0.15) is 17.6 Å². The number of anilines is 2. The van der Waals surface area contributed by atoms with E-state index in [9.17, 15) is 14.3 Å². The molecule has 0 saturated heterocycles. The Morgan fingerprint density at radius 3 is 2.38 bits per heavy atom. The van der Waals surface area contributed by atoms with Crippen LogP contribution in [0.1, 0.15) is 24.1 Å². The molecule has 0 fully saturated rings. The van der Waals surface area contributed by atoms with Crippen LogP contribution in [0.2, 0.25) is 0 Å². The number of carbonyl (C=O) groups is 1. The standard InChI is InChI=1S/C23H23FN2O3/c1-2-29-21-13-12-20(14-17(21)15-27)25-22(16-6-4-3-5-7-16)23(28)26-19-10-8-18(24)9-11-19/h3-14,22,25,27H,2,15H2,1H3,(H,26,28)/t22-/m1/s1. The van der Waals surface area contributed by atoms with Crippen LogP contribution >= 0.6 is 0 Å². The third kappa shape index (κ3) is 5.33. The fraction of sp³-hybridized carbons (Fsp3) is 0.174. The number of nitrogens with one attached hydrogen (secondary N) is 2. The highest BCUT2D eigenvalue weighted by atomic mass is 19.1. The molecule has 0 spiro atoms. The molecule has 0 bridgehead atoms. The summed E-state index contributed by atoms with van der Waals surface area (Å²) in [7, 11) is 0. The number of benzene rings is 3. The number of carbonyl (C=O) groups excluding carboxylic acids is 1. The highest BCUT2D eigenvalue weighted by Crippen LogP contribution is 2.27.